The van der Waals surface area contributed by atoms with E-state index in [9.17, 15) is 10.2 Å². The number of ether oxygens (including phenoxy) is 1. The summed E-state index contributed by atoms with van der Waals surface area (Å²) >= 11 is 0. The number of phenols is 2. The van der Waals surface area contributed by atoms with Crippen molar-refractivity contribution in [2.24, 2.45) is 5.11 Å². The van der Waals surface area contributed by atoms with Gasteiger partial charge in [0.25, 0.3) is 0 Å². The molecule has 0 saturated carbocycles. The van der Waals surface area contributed by atoms with Crippen molar-refractivity contribution in [2.75, 3.05) is 13.7 Å². The Labute approximate surface area is 91.2 Å². The maximum absolute atomic E-state index is 9.38. The van der Waals surface area contributed by atoms with Crippen LogP contribution in [-0.4, -0.2) is 29.0 Å². The first-order valence-corrected chi connectivity index (χ1v) is 4.39. The summed E-state index contributed by atoms with van der Waals surface area (Å²) < 4.78 is 4.81. The number of nitrogens with zero attached hydrogens (tertiary/aromatic N) is 3. The van der Waals surface area contributed by atoms with Gasteiger partial charge in [0.2, 0.25) is 5.75 Å². The zero-order valence-corrected chi connectivity index (χ0v) is 8.53. The van der Waals surface area contributed by atoms with E-state index in [1.807, 2.05) is 0 Å². The highest BCUT2D eigenvalue weighted by molar-refractivity contribution is 5.52. The third-order valence-corrected chi connectivity index (χ3v) is 2.05. The molecule has 0 radical (unpaired) electrons. The molecule has 0 spiro atoms. The molecule has 7 nitrogen and oxygen atoms in total. The average Bonchev–Trinajstić information content (AvgIpc) is 2.29. The Bertz CT molecular complexity index is 429. The van der Waals surface area contributed by atoms with E-state index < -0.39 is 24.1 Å². The Morgan fingerprint density at radius 3 is 2.69 bits per heavy atom. The number of benzene rings is 1. The van der Waals surface area contributed by atoms with Crippen molar-refractivity contribution >= 4 is 0 Å². The van der Waals surface area contributed by atoms with E-state index in [0.717, 1.165) is 0 Å². The molecule has 1 rings (SSSR count). The largest absolute Gasteiger partial charge is 0.504 e. The van der Waals surface area contributed by atoms with Gasteiger partial charge in [-0.15, -0.1) is 0 Å². The summed E-state index contributed by atoms with van der Waals surface area (Å²) in [5, 5.41) is 31.1. The third-order valence-electron chi connectivity index (χ3n) is 2.05. The van der Waals surface area contributed by atoms with E-state index in [1.165, 1.54) is 19.2 Å². The van der Waals surface area contributed by atoms with Crippen LogP contribution in [0.5, 0.6) is 17.2 Å². The van der Waals surface area contributed by atoms with Crippen molar-refractivity contribution in [3.05, 3.63) is 28.1 Å². The molecule has 16 heavy (non-hydrogen) atoms. The van der Waals surface area contributed by atoms with Crippen LogP contribution < -0.4 is 4.74 Å². The Hall–Kier alpha value is -2.11. The van der Waals surface area contributed by atoms with E-state index >= 15 is 0 Å². The van der Waals surface area contributed by atoms with Crippen LogP contribution >= 0.6 is 0 Å². The van der Waals surface area contributed by atoms with Crippen LogP contribution in [-0.2, 0) is 0 Å². The smallest absolute Gasteiger partial charge is 0.200 e. The molecule has 0 amide bonds. The number of aliphatic hydroxyl groups excluding tert-OH is 1. The van der Waals surface area contributed by atoms with Crippen LogP contribution in [0.4, 0.5) is 0 Å². The Morgan fingerprint density at radius 1 is 1.50 bits per heavy atom. The van der Waals surface area contributed by atoms with Gasteiger partial charge in [-0.3, -0.25) is 0 Å². The van der Waals surface area contributed by atoms with Crippen molar-refractivity contribution < 1.29 is 20.1 Å². The van der Waals surface area contributed by atoms with Crippen LogP contribution in [0.1, 0.15) is 11.6 Å². The van der Waals surface area contributed by atoms with E-state index in [-0.39, 0.29) is 5.75 Å². The lowest BCUT2D eigenvalue weighted by atomic mass is 10.1. The molecule has 0 aromatic heterocycles. The van der Waals surface area contributed by atoms with Gasteiger partial charge in [-0.1, -0.05) is 5.11 Å². The highest BCUT2D eigenvalue weighted by Gasteiger charge is 2.15. The normalized spacial score (nSPS) is 11.6. The predicted octanol–water partition coefficient (Wildman–Crippen LogP) is 1.45. The number of aliphatic hydroxyl groups is 1. The fourth-order valence-corrected chi connectivity index (χ4v) is 1.23. The first-order chi connectivity index (χ1) is 7.63. The van der Waals surface area contributed by atoms with Gasteiger partial charge < -0.3 is 20.1 Å². The van der Waals surface area contributed by atoms with Gasteiger partial charge >= 0.3 is 0 Å². The van der Waals surface area contributed by atoms with Crippen molar-refractivity contribution in [1.82, 2.24) is 0 Å². The average molecular weight is 225 g/mol. The van der Waals surface area contributed by atoms with Gasteiger partial charge in [-0.05, 0) is 23.2 Å². The number of methoxy groups -OCH3 is 1. The lowest BCUT2D eigenvalue weighted by Crippen LogP contribution is -2.00. The molecule has 0 fully saturated rings. The summed E-state index contributed by atoms with van der Waals surface area (Å²) in [5.41, 5.74) is 8.64. The van der Waals surface area contributed by atoms with Gasteiger partial charge in [-0.25, -0.2) is 0 Å². The molecule has 0 heterocycles. The number of phenolic OH excluding ortho intramolecular Hbond substituents is 2. The second kappa shape index (κ2) is 5.11. The van der Waals surface area contributed by atoms with Crippen molar-refractivity contribution in [3.63, 3.8) is 0 Å². The first kappa shape index (κ1) is 12.0. The topological polar surface area (TPSA) is 119 Å². The molecule has 0 aliphatic rings. The minimum atomic E-state index is -0.828. The molecule has 0 aliphatic heterocycles. The first-order valence-electron chi connectivity index (χ1n) is 4.39. The van der Waals surface area contributed by atoms with E-state index in [1.54, 1.807) is 0 Å². The third kappa shape index (κ3) is 2.28. The molecule has 0 saturated heterocycles. The summed E-state index contributed by atoms with van der Waals surface area (Å²) in [6.07, 6.45) is 0. The molecule has 0 aliphatic carbocycles. The summed E-state index contributed by atoms with van der Waals surface area (Å²) in [5.74, 6) is -0.758. The number of hydrogen-bond acceptors (Lipinski definition) is 5. The molecular weight excluding hydrogens is 214 g/mol. The van der Waals surface area contributed by atoms with Gasteiger partial charge in [0.05, 0.1) is 19.8 Å². The number of azide groups is 1. The van der Waals surface area contributed by atoms with Crippen LogP contribution in [0, 0.1) is 0 Å². The fraction of sp³-hybridized carbons (Fsp3) is 0.333. The Kier molecular flexibility index (Phi) is 3.82. The van der Waals surface area contributed by atoms with Crippen LogP contribution in [0.15, 0.2) is 17.2 Å². The Balaban J connectivity index is 3.23. The van der Waals surface area contributed by atoms with Gasteiger partial charge in [0, 0.05) is 4.91 Å². The lowest BCUT2D eigenvalue weighted by molar-refractivity contribution is 0.267. The Morgan fingerprint density at radius 2 is 2.19 bits per heavy atom. The standard InChI is InChI=1S/C9H11N3O4/c1-16-8-3-5(2-7(14)9(8)15)6(4-13)11-12-10/h2-3,6,13-15H,4H2,1H3. The van der Waals surface area contributed by atoms with Crippen molar-refractivity contribution in [1.29, 1.82) is 0 Å². The van der Waals surface area contributed by atoms with Crippen LogP contribution in [0.25, 0.3) is 10.4 Å². The van der Waals surface area contributed by atoms with Crippen LogP contribution in [0.2, 0.25) is 0 Å². The molecule has 86 valence electrons. The summed E-state index contributed by atoms with van der Waals surface area (Å²) in [7, 11) is 1.32. The SMILES string of the molecule is COc1cc(C(CO)N=[N+]=[N-])cc(O)c1O. The molecule has 1 unspecified atom stereocenters. The predicted molar refractivity (Wildman–Crippen MR) is 55.3 cm³/mol. The van der Waals surface area contributed by atoms with Gasteiger partial charge in [-0.2, -0.15) is 0 Å². The second-order valence-electron chi connectivity index (χ2n) is 2.99. The molecule has 3 N–H and O–H groups in total. The molecule has 7 heteroatoms. The molecule has 1 aromatic rings. The van der Waals surface area contributed by atoms with Crippen molar-refractivity contribution in [3.8, 4) is 17.2 Å². The minimum absolute atomic E-state index is 0.0431. The maximum atomic E-state index is 9.38. The summed E-state index contributed by atoms with van der Waals surface area (Å²) in [4.78, 5) is 2.57. The minimum Gasteiger partial charge on any atom is -0.504 e. The highest BCUT2D eigenvalue weighted by Crippen LogP contribution is 2.38. The van der Waals surface area contributed by atoms with Crippen LogP contribution in [0.3, 0.4) is 0 Å². The molecule has 1 aromatic carbocycles. The van der Waals surface area contributed by atoms with Crippen molar-refractivity contribution in [2.45, 2.75) is 6.04 Å². The quantitative estimate of drug-likeness (QED) is 0.311. The lowest BCUT2D eigenvalue weighted by Gasteiger charge is -2.12. The zero-order chi connectivity index (χ0) is 12.1. The fourth-order valence-electron chi connectivity index (χ4n) is 1.23. The van der Waals surface area contributed by atoms with Gasteiger partial charge in [0.1, 0.15) is 0 Å². The molecular formula is C9H11N3O4. The molecule has 1 atom stereocenters. The number of rotatable bonds is 4. The summed E-state index contributed by atoms with van der Waals surface area (Å²) in [6, 6.07) is 1.75. The molecule has 0 bridgehead atoms. The zero-order valence-electron chi connectivity index (χ0n) is 8.53. The van der Waals surface area contributed by atoms with E-state index in [4.69, 9.17) is 15.4 Å². The highest BCUT2D eigenvalue weighted by atomic mass is 16.5. The van der Waals surface area contributed by atoms with Gasteiger partial charge in [0.15, 0.2) is 11.5 Å². The number of aromatic hydroxyl groups is 2. The monoisotopic (exact) mass is 225 g/mol. The number of hydrogen-bond donors (Lipinski definition) is 3. The second-order valence-corrected chi connectivity index (χ2v) is 2.99. The summed E-state index contributed by atoms with van der Waals surface area (Å²) in [6.45, 7) is -0.405. The van der Waals surface area contributed by atoms with E-state index in [2.05, 4.69) is 10.0 Å². The van der Waals surface area contributed by atoms with E-state index in [0.29, 0.717) is 5.56 Å². The maximum Gasteiger partial charge on any atom is 0.200 e.